The molecule has 0 aromatic rings. The highest BCUT2D eigenvalue weighted by Gasteiger charge is 2.35. The lowest BCUT2D eigenvalue weighted by Crippen LogP contribution is -2.43. The third-order valence-electron chi connectivity index (χ3n) is 6.40. The normalized spacial score (nSPS) is 12.0. The van der Waals surface area contributed by atoms with Gasteiger partial charge in [-0.1, -0.05) is 51.4 Å². The van der Waals surface area contributed by atoms with Crippen molar-refractivity contribution in [3.05, 3.63) is 0 Å². The molecule has 4 N–H and O–H groups in total. The second-order valence-corrected chi connectivity index (χ2v) is 9.96. The van der Waals surface area contributed by atoms with Gasteiger partial charge in [-0.2, -0.15) is 0 Å². The van der Waals surface area contributed by atoms with Crippen LogP contribution in [0.1, 0.15) is 103 Å². The minimum atomic E-state index is -1.37. The summed E-state index contributed by atoms with van der Waals surface area (Å²) in [6, 6.07) is 0. The van der Waals surface area contributed by atoms with Crippen molar-refractivity contribution >= 4 is 0 Å². The van der Waals surface area contributed by atoms with E-state index < -0.39 is 6.16 Å². The summed E-state index contributed by atoms with van der Waals surface area (Å²) < 4.78 is 25.0. The van der Waals surface area contributed by atoms with E-state index in [2.05, 4.69) is 21.3 Å². The van der Waals surface area contributed by atoms with Crippen LogP contribution in [0.2, 0.25) is 0 Å². The van der Waals surface area contributed by atoms with Crippen molar-refractivity contribution in [2.75, 3.05) is 80.8 Å². The molecule has 0 aromatic carbocycles. The molecule has 0 aromatic heterocycles. The van der Waals surface area contributed by atoms with Gasteiger partial charge in [0.1, 0.15) is 0 Å². The van der Waals surface area contributed by atoms with E-state index in [1.807, 2.05) is 28.2 Å². The van der Waals surface area contributed by atoms with Gasteiger partial charge in [-0.3, -0.25) is 0 Å². The van der Waals surface area contributed by atoms with Gasteiger partial charge >= 0.3 is 6.16 Å². The summed E-state index contributed by atoms with van der Waals surface area (Å²) in [5.74, 6) is 0. The minimum absolute atomic E-state index is 0.589. The van der Waals surface area contributed by atoms with Gasteiger partial charge in [0.2, 0.25) is 0 Å². The molecule has 0 aliphatic carbocycles. The van der Waals surface area contributed by atoms with E-state index in [4.69, 9.17) is 18.9 Å². The zero-order valence-electron chi connectivity index (χ0n) is 25.1. The Kier molecular flexibility index (Phi) is 30.0. The summed E-state index contributed by atoms with van der Waals surface area (Å²) in [6.45, 7) is 6.62. The van der Waals surface area contributed by atoms with Crippen LogP contribution in [0, 0.1) is 0 Å². The molecule has 8 heteroatoms. The first-order valence-electron chi connectivity index (χ1n) is 15.4. The first-order chi connectivity index (χ1) is 18.2. The molecular formula is C29H64N4O4. The molecule has 0 heterocycles. The van der Waals surface area contributed by atoms with Gasteiger partial charge in [-0.25, -0.2) is 0 Å². The largest absolute Gasteiger partial charge is 0.412 e. The van der Waals surface area contributed by atoms with Crippen molar-refractivity contribution < 1.29 is 18.9 Å². The first kappa shape index (κ1) is 36.7. The maximum Gasteiger partial charge on any atom is 0.412 e. The Morgan fingerprint density at radius 2 is 0.541 bits per heavy atom. The van der Waals surface area contributed by atoms with Crippen LogP contribution in [0.15, 0.2) is 0 Å². The van der Waals surface area contributed by atoms with Gasteiger partial charge in [-0.15, -0.1) is 0 Å². The molecule has 8 nitrogen and oxygen atoms in total. The van der Waals surface area contributed by atoms with Crippen molar-refractivity contribution in [1.29, 1.82) is 0 Å². The predicted molar refractivity (Wildman–Crippen MR) is 156 cm³/mol. The standard InChI is InChI=1S/C29H64N4O4/c1-30-21-13-5-9-17-25-34-29(35-26-18-10-6-14-22-31-2,36-27-19-11-7-15-23-32-3)37-28-20-12-8-16-24-33-4/h30-33H,5-28H2,1-4H3. The van der Waals surface area contributed by atoms with E-state index in [0.717, 1.165) is 77.5 Å². The van der Waals surface area contributed by atoms with Crippen LogP contribution in [0.5, 0.6) is 0 Å². The molecule has 37 heavy (non-hydrogen) atoms. The Hall–Kier alpha value is -0.320. The minimum Gasteiger partial charge on any atom is -0.320 e. The summed E-state index contributed by atoms with van der Waals surface area (Å²) in [6.07, 6.45) is 16.7. The molecule has 0 fully saturated rings. The summed E-state index contributed by atoms with van der Waals surface area (Å²) in [7, 11) is 8.02. The molecule has 0 unspecified atom stereocenters. The summed E-state index contributed by atoms with van der Waals surface area (Å²) in [4.78, 5) is 0. The third kappa shape index (κ3) is 25.7. The number of ether oxygens (including phenoxy) is 4. The summed E-state index contributed by atoms with van der Waals surface area (Å²) in [5, 5.41) is 12.9. The lowest BCUT2D eigenvalue weighted by molar-refractivity contribution is -0.499. The lowest BCUT2D eigenvalue weighted by Gasteiger charge is -2.32. The highest BCUT2D eigenvalue weighted by Crippen LogP contribution is 2.22. The van der Waals surface area contributed by atoms with Crippen molar-refractivity contribution in [1.82, 2.24) is 21.3 Å². The number of hydrogen-bond acceptors (Lipinski definition) is 8. The SMILES string of the molecule is CNCCCCCCOC(OCCCCCCNC)(OCCCCCCNC)OCCCCCCNC. The lowest BCUT2D eigenvalue weighted by atomic mass is 10.2. The maximum absolute atomic E-state index is 6.26. The third-order valence-corrected chi connectivity index (χ3v) is 6.40. The van der Waals surface area contributed by atoms with Gasteiger partial charge in [-0.05, 0) is 106 Å². The van der Waals surface area contributed by atoms with E-state index in [9.17, 15) is 0 Å². The van der Waals surface area contributed by atoms with Gasteiger partial charge in [0.15, 0.2) is 0 Å². The number of unbranched alkanes of at least 4 members (excludes halogenated alkanes) is 12. The van der Waals surface area contributed by atoms with E-state index in [0.29, 0.717) is 26.4 Å². The van der Waals surface area contributed by atoms with Gasteiger partial charge in [0.05, 0.1) is 26.4 Å². The molecule has 0 radical (unpaired) electrons. The van der Waals surface area contributed by atoms with Crippen LogP contribution in [0.3, 0.4) is 0 Å². The predicted octanol–water partition coefficient (Wildman–Crippen LogP) is 4.78. The Morgan fingerprint density at radius 3 is 0.757 bits per heavy atom. The highest BCUT2D eigenvalue weighted by atomic mass is 17.0. The zero-order chi connectivity index (χ0) is 27.1. The quantitative estimate of drug-likeness (QED) is 0.0727. The second kappa shape index (κ2) is 30.2. The Bertz CT molecular complexity index is 355. The highest BCUT2D eigenvalue weighted by molar-refractivity contribution is 4.53. The van der Waals surface area contributed by atoms with E-state index in [1.165, 1.54) is 51.4 Å². The van der Waals surface area contributed by atoms with Crippen molar-refractivity contribution in [3.8, 4) is 0 Å². The summed E-state index contributed by atoms with van der Waals surface area (Å²) >= 11 is 0. The van der Waals surface area contributed by atoms with Crippen molar-refractivity contribution in [3.63, 3.8) is 0 Å². The molecule has 0 saturated heterocycles. The first-order valence-corrected chi connectivity index (χ1v) is 15.4. The molecule has 0 saturated carbocycles. The van der Waals surface area contributed by atoms with Crippen LogP contribution < -0.4 is 21.3 Å². The van der Waals surface area contributed by atoms with Crippen LogP contribution in [-0.2, 0) is 18.9 Å². The fourth-order valence-corrected chi connectivity index (χ4v) is 4.07. The van der Waals surface area contributed by atoms with Crippen LogP contribution in [-0.4, -0.2) is 87.0 Å². The average Bonchev–Trinajstić information content (AvgIpc) is 2.91. The van der Waals surface area contributed by atoms with Crippen LogP contribution in [0.25, 0.3) is 0 Å². The molecule has 0 aliphatic heterocycles. The molecule has 0 atom stereocenters. The topological polar surface area (TPSA) is 85.0 Å². The van der Waals surface area contributed by atoms with Gasteiger partial charge in [0.25, 0.3) is 0 Å². The zero-order valence-corrected chi connectivity index (χ0v) is 25.1. The molecule has 224 valence electrons. The fourth-order valence-electron chi connectivity index (χ4n) is 4.07. The van der Waals surface area contributed by atoms with E-state index in [1.54, 1.807) is 0 Å². The Labute approximate surface area is 230 Å². The van der Waals surface area contributed by atoms with Gasteiger partial charge < -0.3 is 40.2 Å². The second-order valence-electron chi connectivity index (χ2n) is 9.96. The number of rotatable bonds is 32. The molecule has 0 amide bonds. The molecule has 0 aliphatic rings. The van der Waals surface area contributed by atoms with Crippen LogP contribution in [0.4, 0.5) is 0 Å². The number of nitrogens with one attached hydrogen (secondary N) is 4. The molecule has 0 bridgehead atoms. The van der Waals surface area contributed by atoms with Gasteiger partial charge in [0, 0.05) is 0 Å². The van der Waals surface area contributed by atoms with E-state index in [-0.39, 0.29) is 0 Å². The number of hydrogen-bond donors (Lipinski definition) is 4. The molecular weight excluding hydrogens is 468 g/mol. The monoisotopic (exact) mass is 532 g/mol. The molecule has 0 rings (SSSR count). The molecule has 0 spiro atoms. The summed E-state index contributed by atoms with van der Waals surface area (Å²) in [5.41, 5.74) is 0. The van der Waals surface area contributed by atoms with E-state index >= 15 is 0 Å². The maximum atomic E-state index is 6.26. The fraction of sp³-hybridized carbons (Fsp3) is 1.00. The van der Waals surface area contributed by atoms with Crippen molar-refractivity contribution in [2.45, 2.75) is 109 Å². The van der Waals surface area contributed by atoms with Crippen LogP contribution >= 0.6 is 0 Å². The van der Waals surface area contributed by atoms with Crippen molar-refractivity contribution in [2.24, 2.45) is 0 Å². The Balaban J connectivity index is 4.78. The smallest absolute Gasteiger partial charge is 0.320 e. The Morgan fingerprint density at radius 1 is 0.324 bits per heavy atom. The average molecular weight is 533 g/mol.